The van der Waals surface area contributed by atoms with Crippen molar-refractivity contribution in [3.63, 3.8) is 0 Å². The van der Waals surface area contributed by atoms with Crippen molar-refractivity contribution in [2.75, 3.05) is 18.4 Å². The van der Waals surface area contributed by atoms with Gasteiger partial charge in [0.1, 0.15) is 35.6 Å². The maximum atomic E-state index is 15.3. The zero-order valence-corrected chi connectivity index (χ0v) is 30.2. The molecule has 17 heteroatoms. The van der Waals surface area contributed by atoms with Gasteiger partial charge in [-0.2, -0.15) is 10.2 Å². The number of rotatable bonds is 5. The topological polar surface area (TPSA) is 175 Å². The Morgan fingerprint density at radius 1 is 0.912 bits per heavy atom. The second-order valence-corrected chi connectivity index (χ2v) is 14.7. The fourth-order valence-electron chi connectivity index (χ4n) is 8.32. The van der Waals surface area contributed by atoms with E-state index in [2.05, 4.69) is 42.8 Å². The Morgan fingerprint density at radius 3 is 2.42 bits per heavy atom. The highest BCUT2D eigenvalue weighted by molar-refractivity contribution is 6.23. The Kier molecular flexibility index (Phi) is 8.72. The van der Waals surface area contributed by atoms with E-state index in [1.54, 1.807) is 23.9 Å². The van der Waals surface area contributed by atoms with Crippen molar-refractivity contribution in [3.8, 4) is 11.8 Å². The van der Waals surface area contributed by atoms with E-state index in [4.69, 9.17) is 0 Å². The van der Waals surface area contributed by atoms with E-state index < -0.39 is 64.6 Å². The number of amides is 4. The van der Waals surface area contributed by atoms with Crippen molar-refractivity contribution in [2.24, 2.45) is 13.0 Å². The first-order valence-electron chi connectivity index (χ1n) is 18.3. The summed E-state index contributed by atoms with van der Waals surface area (Å²) in [5, 5.41) is 17.2. The van der Waals surface area contributed by atoms with Crippen LogP contribution in [-0.2, 0) is 23.2 Å². The molecule has 6 heterocycles. The largest absolute Gasteiger partial charge is 0.376 e. The summed E-state index contributed by atoms with van der Waals surface area (Å²) in [6, 6.07) is 7.64. The zero-order chi connectivity index (χ0) is 39.7. The normalized spacial score (nSPS) is 21.0. The van der Waals surface area contributed by atoms with Crippen LogP contribution in [0.1, 0.15) is 86.6 Å². The second kappa shape index (κ2) is 13.8. The molecule has 4 aliphatic heterocycles. The van der Waals surface area contributed by atoms with Crippen LogP contribution in [-0.4, -0.2) is 77.5 Å². The fourth-order valence-corrected chi connectivity index (χ4v) is 8.32. The monoisotopic (exact) mass is 775 g/mol. The van der Waals surface area contributed by atoms with Gasteiger partial charge in [-0.05, 0) is 74.3 Å². The predicted octanol–water partition coefficient (Wildman–Crippen LogP) is 3.43. The van der Waals surface area contributed by atoms with Gasteiger partial charge in [0.15, 0.2) is 0 Å². The van der Waals surface area contributed by atoms with E-state index in [9.17, 15) is 28.4 Å². The molecule has 288 valence electrons. The number of aromatic nitrogens is 5. The summed E-state index contributed by atoms with van der Waals surface area (Å²) < 4.78 is 47.0. The number of fused-ring (bicyclic) bond motifs is 1. The molecule has 57 heavy (non-hydrogen) atoms. The van der Waals surface area contributed by atoms with Gasteiger partial charge in [-0.3, -0.25) is 43.8 Å². The minimum absolute atomic E-state index is 0.000465. The zero-order valence-electron chi connectivity index (χ0n) is 30.2. The van der Waals surface area contributed by atoms with Crippen LogP contribution in [0.3, 0.4) is 0 Å². The van der Waals surface area contributed by atoms with Gasteiger partial charge in [-0.15, -0.1) is 0 Å². The molecule has 1 unspecified atom stereocenters. The minimum Gasteiger partial charge on any atom is -0.376 e. The molecule has 2 fully saturated rings. The molecule has 3 aromatic carbocycles. The molecule has 2 aromatic heterocycles. The van der Waals surface area contributed by atoms with E-state index in [0.29, 0.717) is 54.1 Å². The van der Waals surface area contributed by atoms with Crippen LogP contribution in [0, 0.1) is 35.2 Å². The molecular formula is C40H32F3N9O5. The molecule has 0 aliphatic carbocycles. The van der Waals surface area contributed by atoms with Crippen molar-refractivity contribution in [1.82, 2.24) is 40.1 Å². The van der Waals surface area contributed by atoms with Crippen molar-refractivity contribution >= 4 is 40.1 Å². The molecule has 2 saturated heterocycles. The molecule has 0 saturated carbocycles. The number of carbonyl (C=O) groups is 4. The fraction of sp³-hybridized carbons (Fsp3) is 0.300. The number of nitrogens with one attached hydrogen (secondary N) is 3. The SMILES string of the molecule is Cn1ncnc1[C@H]1c2n[nH]c(=O)c3cc(F)cc(c23)N[C@@H]1c1ccc(F)c(C#CC2CCN(Cc3cc4c(cc3F)C(=O)N(C3CCC(=O)NC3=O)C4=O)CC2)c1. The number of carbonyl (C=O) groups excluding carboxylic acids is 4. The van der Waals surface area contributed by atoms with Gasteiger partial charge in [-0.1, -0.05) is 17.9 Å². The Hall–Kier alpha value is -6.67. The van der Waals surface area contributed by atoms with Crippen LogP contribution < -0.4 is 16.2 Å². The number of piperidine rings is 2. The number of likely N-dealkylation sites (tertiary alicyclic amines) is 1. The van der Waals surface area contributed by atoms with Crippen LogP contribution in [0.4, 0.5) is 18.9 Å². The number of aromatic amines is 1. The number of hydrogen-bond acceptors (Lipinski definition) is 10. The maximum Gasteiger partial charge on any atom is 0.272 e. The molecule has 4 amide bonds. The van der Waals surface area contributed by atoms with E-state index in [0.717, 1.165) is 17.0 Å². The maximum absolute atomic E-state index is 15.3. The summed E-state index contributed by atoms with van der Waals surface area (Å²) in [5.41, 5.74) is 1.17. The number of aryl methyl sites for hydroxylation is 1. The Balaban J connectivity index is 0.913. The summed E-state index contributed by atoms with van der Waals surface area (Å²) in [4.78, 5) is 70.3. The van der Waals surface area contributed by atoms with Crippen LogP contribution in [0.15, 0.2) is 53.6 Å². The van der Waals surface area contributed by atoms with E-state index >= 15 is 8.78 Å². The van der Waals surface area contributed by atoms with E-state index in [1.165, 1.54) is 24.5 Å². The Morgan fingerprint density at radius 2 is 1.68 bits per heavy atom. The number of benzene rings is 3. The lowest BCUT2D eigenvalue weighted by molar-refractivity contribution is -0.136. The Labute approximate surface area is 321 Å². The molecule has 4 aliphatic rings. The van der Waals surface area contributed by atoms with Crippen molar-refractivity contribution in [2.45, 2.75) is 50.2 Å². The minimum atomic E-state index is -1.15. The first-order chi connectivity index (χ1) is 27.4. The van der Waals surface area contributed by atoms with Crippen molar-refractivity contribution in [1.29, 1.82) is 0 Å². The van der Waals surface area contributed by atoms with Crippen LogP contribution in [0.2, 0.25) is 0 Å². The third-order valence-corrected chi connectivity index (χ3v) is 11.2. The molecule has 0 radical (unpaired) electrons. The number of nitrogens with zero attached hydrogens (tertiary/aromatic N) is 6. The standard InChI is InChI=1S/C40H32F3N9O5/c1-50-36(44-18-45-50)33-34(46-29-15-23(41)14-26-32(29)35(33)48-49-37(26)54)21-4-5-27(42)20(12-21)3-2-19-8-10-51(11-9-19)17-22-13-24-25(16-28(22)43)40(57)52(39(24)56)30-6-7-31(53)47-38(30)55/h4-5,12-16,18-19,30,33-34,46H,6-11,17H2,1H3,(H,49,54)(H,47,53,55)/t30?,33-,34-/m1/s1. The summed E-state index contributed by atoms with van der Waals surface area (Å²) in [6.45, 7) is 1.24. The van der Waals surface area contributed by atoms with Gasteiger partial charge < -0.3 is 5.32 Å². The highest BCUT2D eigenvalue weighted by Crippen LogP contribution is 2.46. The third-order valence-electron chi connectivity index (χ3n) is 11.2. The summed E-state index contributed by atoms with van der Waals surface area (Å²) in [7, 11) is 1.72. The number of H-pyrrole nitrogens is 1. The molecule has 9 rings (SSSR count). The van der Waals surface area contributed by atoms with Crippen molar-refractivity contribution in [3.05, 3.63) is 116 Å². The summed E-state index contributed by atoms with van der Waals surface area (Å²) in [6.07, 6.45) is 2.59. The quantitative estimate of drug-likeness (QED) is 0.177. The van der Waals surface area contributed by atoms with Gasteiger partial charge in [0.2, 0.25) is 11.8 Å². The molecule has 0 spiro atoms. The average molecular weight is 776 g/mol. The molecule has 14 nitrogen and oxygen atoms in total. The Bertz CT molecular complexity index is 2690. The van der Waals surface area contributed by atoms with Gasteiger partial charge in [0, 0.05) is 42.6 Å². The van der Waals surface area contributed by atoms with Gasteiger partial charge >= 0.3 is 0 Å². The predicted molar refractivity (Wildman–Crippen MR) is 196 cm³/mol. The second-order valence-electron chi connectivity index (χ2n) is 14.7. The number of hydrogen-bond donors (Lipinski definition) is 3. The third kappa shape index (κ3) is 6.22. The van der Waals surface area contributed by atoms with E-state index in [-0.39, 0.29) is 52.9 Å². The van der Waals surface area contributed by atoms with Crippen molar-refractivity contribution < 1.29 is 32.3 Å². The molecule has 5 aromatic rings. The summed E-state index contributed by atoms with van der Waals surface area (Å²) in [5.74, 6) is 1.54. The van der Waals surface area contributed by atoms with Crippen LogP contribution >= 0.6 is 0 Å². The van der Waals surface area contributed by atoms with Crippen LogP contribution in [0.25, 0.3) is 10.8 Å². The molecule has 3 atom stereocenters. The molecule has 3 N–H and O–H groups in total. The van der Waals surface area contributed by atoms with E-state index in [1.807, 2.05) is 4.90 Å². The molecular weight excluding hydrogens is 743 g/mol. The molecule has 0 bridgehead atoms. The average Bonchev–Trinajstić information content (AvgIpc) is 3.71. The lowest BCUT2D eigenvalue weighted by atomic mass is 9.83. The first kappa shape index (κ1) is 36.0. The smallest absolute Gasteiger partial charge is 0.272 e. The van der Waals surface area contributed by atoms with Gasteiger partial charge in [0.05, 0.1) is 39.7 Å². The highest BCUT2D eigenvalue weighted by atomic mass is 19.1. The number of halogens is 3. The lowest BCUT2D eigenvalue weighted by Crippen LogP contribution is -2.54. The number of imide groups is 2. The highest BCUT2D eigenvalue weighted by Gasteiger charge is 2.45. The summed E-state index contributed by atoms with van der Waals surface area (Å²) >= 11 is 0. The number of anilines is 1. The van der Waals surface area contributed by atoms with Gasteiger partial charge in [0.25, 0.3) is 17.4 Å². The van der Waals surface area contributed by atoms with Gasteiger partial charge in [-0.25, -0.2) is 23.3 Å². The lowest BCUT2D eigenvalue weighted by Gasteiger charge is -2.33. The van der Waals surface area contributed by atoms with Crippen LogP contribution in [0.5, 0.6) is 0 Å². The first-order valence-corrected chi connectivity index (χ1v) is 18.3.